The lowest BCUT2D eigenvalue weighted by Crippen LogP contribution is -2.54. The first kappa shape index (κ1) is 12.3. The van der Waals surface area contributed by atoms with Crippen molar-refractivity contribution in [3.05, 3.63) is 0 Å². The van der Waals surface area contributed by atoms with Crippen LogP contribution >= 0.6 is 0 Å². The van der Waals surface area contributed by atoms with Gasteiger partial charge in [0.05, 0.1) is 19.8 Å². The third-order valence-electron chi connectivity index (χ3n) is 1.25. The quantitative estimate of drug-likeness (QED) is 0.507. The van der Waals surface area contributed by atoms with Crippen LogP contribution in [0.15, 0.2) is 0 Å². The minimum Gasteiger partial charge on any atom is -0.542 e. The molecule has 0 spiro atoms. The highest BCUT2D eigenvalue weighted by atomic mass is 16.9. The molecule has 13 heavy (non-hydrogen) atoms. The van der Waals surface area contributed by atoms with Crippen molar-refractivity contribution < 1.29 is 24.1 Å². The zero-order valence-corrected chi connectivity index (χ0v) is 8.16. The molecule has 0 saturated heterocycles. The molecule has 0 fully saturated rings. The first-order chi connectivity index (χ1) is 6.13. The van der Waals surface area contributed by atoms with E-state index in [1.807, 2.05) is 0 Å². The number of ether oxygens (including phenoxy) is 3. The summed E-state index contributed by atoms with van der Waals surface area (Å²) >= 11 is 0. The Bertz CT molecular complexity index is 140. The van der Waals surface area contributed by atoms with Crippen molar-refractivity contribution in [2.75, 3.05) is 19.8 Å². The van der Waals surface area contributed by atoms with Crippen LogP contribution in [0.5, 0.6) is 0 Å². The van der Waals surface area contributed by atoms with Crippen LogP contribution in [0.3, 0.4) is 0 Å². The molecule has 0 rings (SSSR count). The Labute approximate surface area is 77.6 Å². The normalized spacial score (nSPS) is 11.6. The van der Waals surface area contributed by atoms with E-state index in [1.54, 1.807) is 20.8 Å². The molecule has 0 aliphatic rings. The molecular weight excluding hydrogens is 176 g/mol. The summed E-state index contributed by atoms with van der Waals surface area (Å²) in [7, 11) is 0. The number of rotatable bonds is 7. The molecule has 0 aromatic carbocycles. The number of carboxylic acids is 1. The number of carboxylic acid groups (broad SMARTS) is 1. The molecule has 0 atom stereocenters. The Morgan fingerprint density at radius 2 is 1.38 bits per heavy atom. The molecule has 0 unspecified atom stereocenters. The molecule has 0 aromatic heterocycles. The van der Waals surface area contributed by atoms with Crippen LogP contribution in [0.25, 0.3) is 0 Å². The first-order valence-electron chi connectivity index (χ1n) is 4.26. The van der Waals surface area contributed by atoms with Crippen LogP contribution in [0.2, 0.25) is 0 Å². The van der Waals surface area contributed by atoms with Gasteiger partial charge in [0, 0.05) is 0 Å². The fourth-order valence-corrected chi connectivity index (χ4v) is 0.872. The molecular formula is C8H15O5-. The number of carbonyl (C=O) groups is 1. The molecule has 0 aliphatic heterocycles. The van der Waals surface area contributed by atoms with E-state index in [1.165, 1.54) is 0 Å². The van der Waals surface area contributed by atoms with Crippen LogP contribution in [-0.2, 0) is 19.0 Å². The van der Waals surface area contributed by atoms with Gasteiger partial charge in [-0.05, 0) is 20.8 Å². The van der Waals surface area contributed by atoms with Crippen LogP contribution in [0, 0.1) is 0 Å². The fraction of sp³-hybridized carbons (Fsp3) is 0.875. The van der Waals surface area contributed by atoms with E-state index >= 15 is 0 Å². The van der Waals surface area contributed by atoms with Crippen molar-refractivity contribution in [3.8, 4) is 0 Å². The lowest BCUT2D eigenvalue weighted by atomic mass is 10.5. The predicted molar refractivity (Wildman–Crippen MR) is 42.6 cm³/mol. The van der Waals surface area contributed by atoms with Crippen LogP contribution in [0.4, 0.5) is 0 Å². The van der Waals surface area contributed by atoms with Gasteiger partial charge in [0.25, 0.3) is 0 Å². The summed E-state index contributed by atoms with van der Waals surface area (Å²) in [4.78, 5) is 10.7. The summed E-state index contributed by atoms with van der Waals surface area (Å²) < 4.78 is 14.6. The number of hydrogen-bond acceptors (Lipinski definition) is 5. The van der Waals surface area contributed by atoms with Gasteiger partial charge in [0.15, 0.2) is 0 Å². The van der Waals surface area contributed by atoms with Gasteiger partial charge in [-0.15, -0.1) is 0 Å². The van der Waals surface area contributed by atoms with Gasteiger partial charge in [-0.25, -0.2) is 0 Å². The van der Waals surface area contributed by atoms with E-state index in [2.05, 4.69) is 0 Å². The van der Waals surface area contributed by atoms with Gasteiger partial charge in [0.1, 0.15) is 5.97 Å². The molecule has 0 heterocycles. The molecule has 0 bridgehead atoms. The summed E-state index contributed by atoms with van der Waals surface area (Å²) in [6, 6.07) is 0. The minimum atomic E-state index is -2.04. The van der Waals surface area contributed by atoms with E-state index in [4.69, 9.17) is 14.2 Å². The summed E-state index contributed by atoms with van der Waals surface area (Å²) in [5.74, 6) is -3.56. The third-order valence-corrected chi connectivity index (χ3v) is 1.25. The Kier molecular flexibility index (Phi) is 5.61. The average Bonchev–Trinajstić information content (AvgIpc) is 2.05. The molecule has 0 radical (unpaired) electrons. The smallest absolute Gasteiger partial charge is 0.327 e. The highest BCUT2D eigenvalue weighted by molar-refractivity contribution is 5.71. The second-order valence-corrected chi connectivity index (χ2v) is 2.14. The van der Waals surface area contributed by atoms with Crippen molar-refractivity contribution in [1.29, 1.82) is 0 Å². The lowest BCUT2D eigenvalue weighted by molar-refractivity contribution is -0.418. The molecule has 5 nitrogen and oxygen atoms in total. The molecule has 0 saturated carbocycles. The highest BCUT2D eigenvalue weighted by Crippen LogP contribution is 2.14. The minimum absolute atomic E-state index is 0.175. The maximum absolute atomic E-state index is 10.7. The van der Waals surface area contributed by atoms with Crippen LogP contribution < -0.4 is 5.11 Å². The van der Waals surface area contributed by atoms with Gasteiger partial charge in [-0.1, -0.05) is 0 Å². The van der Waals surface area contributed by atoms with E-state index in [0.717, 1.165) is 0 Å². The number of aliphatic carboxylic acids is 1. The van der Waals surface area contributed by atoms with Gasteiger partial charge >= 0.3 is 5.97 Å². The van der Waals surface area contributed by atoms with E-state index in [-0.39, 0.29) is 19.8 Å². The zero-order valence-electron chi connectivity index (χ0n) is 8.16. The SMILES string of the molecule is CCOC(OCC)(OCC)C(=O)[O-]. The largest absolute Gasteiger partial charge is 0.542 e. The highest BCUT2D eigenvalue weighted by Gasteiger charge is 2.34. The summed E-state index contributed by atoms with van der Waals surface area (Å²) in [5, 5.41) is 10.7. The predicted octanol–water partition coefficient (Wildman–Crippen LogP) is -0.500. The van der Waals surface area contributed by atoms with Crippen molar-refractivity contribution >= 4 is 5.97 Å². The third kappa shape index (κ3) is 3.30. The second kappa shape index (κ2) is 5.90. The van der Waals surface area contributed by atoms with E-state index < -0.39 is 11.9 Å². The number of hydrogen-bond donors (Lipinski definition) is 0. The van der Waals surface area contributed by atoms with Crippen molar-refractivity contribution in [1.82, 2.24) is 0 Å². The molecule has 0 amide bonds. The summed E-state index contributed by atoms with van der Waals surface area (Å²) in [5.41, 5.74) is 0. The fourth-order valence-electron chi connectivity index (χ4n) is 0.872. The Morgan fingerprint density at radius 1 is 1.08 bits per heavy atom. The van der Waals surface area contributed by atoms with Crippen LogP contribution in [-0.4, -0.2) is 31.8 Å². The monoisotopic (exact) mass is 191 g/mol. The van der Waals surface area contributed by atoms with Gasteiger partial charge in [-0.2, -0.15) is 0 Å². The van der Waals surface area contributed by atoms with Crippen molar-refractivity contribution in [2.24, 2.45) is 0 Å². The Hall–Kier alpha value is -0.650. The Balaban J connectivity index is 4.48. The maximum Gasteiger partial charge on any atom is 0.327 e. The van der Waals surface area contributed by atoms with Gasteiger partial charge < -0.3 is 24.1 Å². The zero-order chi connectivity index (χ0) is 10.3. The van der Waals surface area contributed by atoms with Crippen molar-refractivity contribution in [3.63, 3.8) is 0 Å². The first-order valence-corrected chi connectivity index (χ1v) is 4.26. The molecule has 0 N–H and O–H groups in total. The summed E-state index contributed by atoms with van der Waals surface area (Å²) in [6.45, 7) is 5.47. The van der Waals surface area contributed by atoms with Gasteiger partial charge in [0.2, 0.25) is 0 Å². The topological polar surface area (TPSA) is 67.8 Å². The van der Waals surface area contributed by atoms with E-state index in [9.17, 15) is 9.90 Å². The molecule has 78 valence electrons. The standard InChI is InChI=1S/C8H16O5/c1-4-11-8(7(9)10,12-5-2)13-6-3/h4-6H2,1-3H3,(H,9,10)/p-1. The van der Waals surface area contributed by atoms with Crippen molar-refractivity contribution in [2.45, 2.75) is 26.7 Å². The number of carbonyl (C=O) groups excluding carboxylic acids is 1. The lowest BCUT2D eigenvalue weighted by Gasteiger charge is -2.32. The molecule has 0 aliphatic carbocycles. The van der Waals surface area contributed by atoms with E-state index in [0.29, 0.717) is 0 Å². The Morgan fingerprint density at radius 3 is 1.54 bits per heavy atom. The maximum atomic E-state index is 10.7. The molecule has 5 heteroatoms. The second-order valence-electron chi connectivity index (χ2n) is 2.14. The summed E-state index contributed by atoms with van der Waals surface area (Å²) in [6.07, 6.45) is 0. The van der Waals surface area contributed by atoms with Gasteiger partial charge in [-0.3, -0.25) is 0 Å². The molecule has 0 aromatic rings. The average molecular weight is 191 g/mol. The van der Waals surface area contributed by atoms with Crippen LogP contribution in [0.1, 0.15) is 20.8 Å².